The maximum absolute atomic E-state index is 8.85. The molecule has 0 amide bonds. The highest BCUT2D eigenvalue weighted by Crippen LogP contribution is 2.40. The van der Waals surface area contributed by atoms with Crippen molar-refractivity contribution in [1.82, 2.24) is 19.7 Å². The van der Waals surface area contributed by atoms with Crippen molar-refractivity contribution < 1.29 is 5.11 Å². The highest BCUT2D eigenvalue weighted by atomic mass is 32.2. The molecule has 0 saturated heterocycles. The maximum atomic E-state index is 8.85. The van der Waals surface area contributed by atoms with Gasteiger partial charge in [-0.25, -0.2) is 0 Å². The number of aliphatic hydroxyl groups is 1. The van der Waals surface area contributed by atoms with E-state index in [1.54, 1.807) is 18.0 Å². The second-order valence-corrected chi connectivity index (χ2v) is 5.64. The molecule has 3 rings (SSSR count). The van der Waals surface area contributed by atoms with Crippen molar-refractivity contribution in [3.05, 3.63) is 24.5 Å². The summed E-state index contributed by atoms with van der Waals surface area (Å²) in [4.78, 5) is 4.15. The molecule has 0 aliphatic heterocycles. The average molecular weight is 276 g/mol. The van der Waals surface area contributed by atoms with Crippen molar-refractivity contribution in [2.24, 2.45) is 0 Å². The summed E-state index contributed by atoms with van der Waals surface area (Å²) in [7, 11) is 0. The second kappa shape index (κ2) is 5.71. The summed E-state index contributed by atoms with van der Waals surface area (Å²) in [5, 5.41) is 18.4. The third-order valence-corrected chi connectivity index (χ3v) is 4.06. The van der Waals surface area contributed by atoms with Gasteiger partial charge in [-0.3, -0.25) is 9.55 Å². The Kier molecular flexibility index (Phi) is 3.79. The number of hydrogen-bond donors (Lipinski definition) is 1. The van der Waals surface area contributed by atoms with Gasteiger partial charge in [0.1, 0.15) is 0 Å². The lowest BCUT2D eigenvalue weighted by Gasteiger charge is -2.08. The van der Waals surface area contributed by atoms with Crippen molar-refractivity contribution in [2.45, 2.75) is 30.5 Å². The normalized spacial score (nSPS) is 14.8. The van der Waals surface area contributed by atoms with Gasteiger partial charge in [-0.2, -0.15) is 0 Å². The molecular formula is C13H16N4OS. The lowest BCUT2D eigenvalue weighted by molar-refractivity contribution is 0.296. The van der Waals surface area contributed by atoms with Crippen LogP contribution in [0.1, 0.15) is 25.3 Å². The van der Waals surface area contributed by atoms with Gasteiger partial charge in [0, 0.05) is 36.4 Å². The van der Waals surface area contributed by atoms with Gasteiger partial charge in [-0.05, 0) is 31.4 Å². The zero-order valence-electron chi connectivity index (χ0n) is 10.6. The fourth-order valence-electron chi connectivity index (χ4n) is 1.96. The minimum Gasteiger partial charge on any atom is -0.396 e. The van der Waals surface area contributed by atoms with Gasteiger partial charge in [-0.1, -0.05) is 11.8 Å². The molecule has 2 heterocycles. The summed E-state index contributed by atoms with van der Waals surface area (Å²) in [5.74, 6) is 1.77. The molecule has 1 aliphatic carbocycles. The van der Waals surface area contributed by atoms with Crippen molar-refractivity contribution in [2.75, 3.05) is 12.4 Å². The van der Waals surface area contributed by atoms with E-state index in [1.165, 1.54) is 12.8 Å². The van der Waals surface area contributed by atoms with Crippen LogP contribution in [-0.4, -0.2) is 37.2 Å². The third-order valence-electron chi connectivity index (χ3n) is 3.03. The molecule has 2 aromatic rings. The Morgan fingerprint density at radius 1 is 1.37 bits per heavy atom. The predicted octanol–water partition coefficient (Wildman–Crippen LogP) is 2.15. The van der Waals surface area contributed by atoms with Crippen molar-refractivity contribution in [3.63, 3.8) is 0 Å². The number of aliphatic hydroxyl groups excluding tert-OH is 1. The Hall–Kier alpha value is -1.40. The smallest absolute Gasteiger partial charge is 0.191 e. The molecule has 5 nitrogen and oxygen atoms in total. The van der Waals surface area contributed by atoms with Gasteiger partial charge in [0.05, 0.1) is 0 Å². The van der Waals surface area contributed by atoms with E-state index in [-0.39, 0.29) is 6.61 Å². The molecule has 6 heteroatoms. The molecule has 19 heavy (non-hydrogen) atoms. The summed E-state index contributed by atoms with van der Waals surface area (Å²) in [6, 6.07) is 4.46. The van der Waals surface area contributed by atoms with Gasteiger partial charge in [0.2, 0.25) is 0 Å². The first-order valence-electron chi connectivity index (χ1n) is 6.49. The van der Waals surface area contributed by atoms with E-state index in [0.717, 1.165) is 28.7 Å². The van der Waals surface area contributed by atoms with Crippen LogP contribution in [0.5, 0.6) is 0 Å². The molecule has 0 radical (unpaired) electrons. The number of rotatable bonds is 6. The quantitative estimate of drug-likeness (QED) is 0.647. The van der Waals surface area contributed by atoms with Crippen molar-refractivity contribution in [3.8, 4) is 11.4 Å². The lowest BCUT2D eigenvalue weighted by atomic mass is 10.3. The topological polar surface area (TPSA) is 63.8 Å². The predicted molar refractivity (Wildman–Crippen MR) is 74.0 cm³/mol. The number of aromatic nitrogens is 4. The Morgan fingerprint density at radius 2 is 2.26 bits per heavy atom. The number of hydrogen-bond acceptors (Lipinski definition) is 5. The van der Waals surface area contributed by atoms with E-state index < -0.39 is 0 Å². The van der Waals surface area contributed by atoms with E-state index in [4.69, 9.17) is 5.11 Å². The third kappa shape index (κ3) is 2.79. The monoisotopic (exact) mass is 276 g/mol. The molecule has 0 aromatic carbocycles. The van der Waals surface area contributed by atoms with Crippen LogP contribution in [0.25, 0.3) is 11.4 Å². The summed E-state index contributed by atoms with van der Waals surface area (Å²) >= 11 is 1.66. The van der Waals surface area contributed by atoms with Gasteiger partial charge in [0.25, 0.3) is 0 Å². The molecule has 1 saturated carbocycles. The first-order valence-corrected chi connectivity index (χ1v) is 7.47. The first kappa shape index (κ1) is 12.6. The van der Waals surface area contributed by atoms with Crippen LogP contribution in [0.4, 0.5) is 0 Å². The fourth-order valence-corrected chi connectivity index (χ4v) is 2.89. The van der Waals surface area contributed by atoms with E-state index in [0.29, 0.717) is 6.04 Å². The molecule has 2 aromatic heterocycles. The van der Waals surface area contributed by atoms with E-state index in [9.17, 15) is 0 Å². The maximum Gasteiger partial charge on any atom is 0.191 e. The van der Waals surface area contributed by atoms with Crippen molar-refractivity contribution in [1.29, 1.82) is 0 Å². The molecule has 0 bridgehead atoms. The summed E-state index contributed by atoms with van der Waals surface area (Å²) in [6.45, 7) is 0.222. The van der Waals surface area contributed by atoms with Gasteiger partial charge in [0.15, 0.2) is 11.0 Å². The molecule has 1 aliphatic rings. The molecular weight excluding hydrogens is 260 g/mol. The number of pyridine rings is 1. The second-order valence-electron chi connectivity index (χ2n) is 4.57. The SMILES string of the molecule is OCCCSc1nnc(-c2cccnc2)n1C1CC1. The first-order chi connectivity index (χ1) is 9.40. The summed E-state index contributed by atoms with van der Waals surface area (Å²) < 4.78 is 2.22. The van der Waals surface area contributed by atoms with Gasteiger partial charge in [-0.15, -0.1) is 10.2 Å². The van der Waals surface area contributed by atoms with E-state index >= 15 is 0 Å². The van der Waals surface area contributed by atoms with Crippen LogP contribution in [0.3, 0.4) is 0 Å². The van der Waals surface area contributed by atoms with E-state index in [1.807, 2.05) is 18.3 Å². The zero-order chi connectivity index (χ0) is 13.1. The Morgan fingerprint density at radius 3 is 2.95 bits per heavy atom. The highest BCUT2D eigenvalue weighted by Gasteiger charge is 2.30. The highest BCUT2D eigenvalue weighted by molar-refractivity contribution is 7.99. The van der Waals surface area contributed by atoms with Crippen LogP contribution < -0.4 is 0 Å². The molecule has 0 unspecified atom stereocenters. The lowest BCUT2D eigenvalue weighted by Crippen LogP contribution is -2.00. The summed E-state index contributed by atoms with van der Waals surface area (Å²) in [5.41, 5.74) is 1.01. The Labute approximate surface area is 116 Å². The minimum atomic E-state index is 0.222. The fraction of sp³-hybridized carbons (Fsp3) is 0.462. The van der Waals surface area contributed by atoms with Crippen molar-refractivity contribution >= 4 is 11.8 Å². The molecule has 100 valence electrons. The number of thioether (sulfide) groups is 1. The standard InChI is InChI=1S/C13H16N4OS/c18-7-2-8-19-13-16-15-12(17(13)11-4-5-11)10-3-1-6-14-9-10/h1,3,6,9,11,18H,2,4-5,7-8H2. The Balaban J connectivity index is 1.88. The van der Waals surface area contributed by atoms with Crippen LogP contribution in [0, 0.1) is 0 Å². The van der Waals surface area contributed by atoms with Gasteiger partial charge < -0.3 is 5.11 Å². The average Bonchev–Trinajstić information content (AvgIpc) is 3.21. The van der Waals surface area contributed by atoms with E-state index in [2.05, 4.69) is 19.7 Å². The molecule has 0 spiro atoms. The van der Waals surface area contributed by atoms with Gasteiger partial charge >= 0.3 is 0 Å². The van der Waals surface area contributed by atoms with Crippen LogP contribution >= 0.6 is 11.8 Å². The van der Waals surface area contributed by atoms with Crippen LogP contribution in [0.2, 0.25) is 0 Å². The molecule has 0 atom stereocenters. The zero-order valence-corrected chi connectivity index (χ0v) is 11.4. The minimum absolute atomic E-state index is 0.222. The largest absolute Gasteiger partial charge is 0.396 e. The molecule has 1 N–H and O–H groups in total. The summed E-state index contributed by atoms with van der Waals surface area (Å²) in [6.07, 6.45) is 6.76. The number of nitrogens with zero attached hydrogens (tertiary/aromatic N) is 4. The van der Waals surface area contributed by atoms with Crippen LogP contribution in [0.15, 0.2) is 29.7 Å². The Bertz CT molecular complexity index is 539. The molecule has 1 fully saturated rings. The van der Waals surface area contributed by atoms with Crippen LogP contribution in [-0.2, 0) is 0 Å².